The molecule has 1 aliphatic heterocycles. The van der Waals surface area contributed by atoms with Crippen LogP contribution in [0.2, 0.25) is 5.02 Å². The summed E-state index contributed by atoms with van der Waals surface area (Å²) < 4.78 is 37.8. The Morgan fingerprint density at radius 2 is 1.64 bits per heavy atom. The minimum Gasteiger partial charge on any atom is -0.493 e. The van der Waals surface area contributed by atoms with Crippen LogP contribution in [0, 0.1) is 0 Å². The van der Waals surface area contributed by atoms with Crippen LogP contribution < -0.4 is 14.8 Å². The molecule has 3 rings (SSSR count). The molecular formula is C22H26ClN3O6S. The number of nitrogens with one attached hydrogen (secondary N) is 1. The van der Waals surface area contributed by atoms with E-state index >= 15 is 0 Å². The van der Waals surface area contributed by atoms with Crippen LogP contribution in [-0.4, -0.2) is 75.9 Å². The third-order valence-corrected chi connectivity index (χ3v) is 7.60. The number of rotatable bonds is 7. The molecule has 0 aliphatic carbocycles. The highest BCUT2D eigenvalue weighted by molar-refractivity contribution is 7.89. The van der Waals surface area contributed by atoms with E-state index in [1.54, 1.807) is 31.2 Å². The van der Waals surface area contributed by atoms with E-state index < -0.39 is 22.0 Å². The summed E-state index contributed by atoms with van der Waals surface area (Å²) in [6, 6.07) is 10.2. The summed E-state index contributed by atoms with van der Waals surface area (Å²) >= 11 is 6.04. The first-order chi connectivity index (χ1) is 15.7. The van der Waals surface area contributed by atoms with Gasteiger partial charge in [0.15, 0.2) is 11.5 Å². The molecule has 2 amide bonds. The minimum atomic E-state index is -3.77. The van der Waals surface area contributed by atoms with Crippen molar-refractivity contribution in [2.75, 3.05) is 40.4 Å². The number of sulfonamides is 1. The highest BCUT2D eigenvalue weighted by Gasteiger charge is 2.32. The fourth-order valence-electron chi connectivity index (χ4n) is 3.53. The molecule has 2 aromatic carbocycles. The standard InChI is InChI=1S/C22H26ClN3O6S/c1-15(24-21(27)17-6-4-5-7-18(17)23)22(28)25-10-12-26(13-11-25)33(29,30)16-8-9-19(31-2)20(14-16)32-3/h4-9,14-15H,10-13H2,1-3H3,(H,24,27)/t15-/m0/s1. The Bertz CT molecular complexity index is 1130. The molecule has 33 heavy (non-hydrogen) atoms. The van der Waals surface area contributed by atoms with Crippen LogP contribution in [0.25, 0.3) is 0 Å². The predicted octanol–water partition coefficient (Wildman–Crippen LogP) is 2.01. The Morgan fingerprint density at radius 1 is 1.00 bits per heavy atom. The maximum atomic E-state index is 13.1. The summed E-state index contributed by atoms with van der Waals surface area (Å²) in [5, 5.41) is 2.95. The zero-order valence-corrected chi connectivity index (χ0v) is 20.1. The van der Waals surface area contributed by atoms with Gasteiger partial charge in [-0.3, -0.25) is 9.59 Å². The molecule has 0 spiro atoms. The lowest BCUT2D eigenvalue weighted by Crippen LogP contribution is -2.55. The Hall–Kier alpha value is -2.82. The zero-order chi connectivity index (χ0) is 24.2. The highest BCUT2D eigenvalue weighted by Crippen LogP contribution is 2.31. The van der Waals surface area contributed by atoms with E-state index in [1.807, 2.05) is 0 Å². The lowest BCUT2D eigenvalue weighted by molar-refractivity contribution is -0.134. The summed E-state index contributed by atoms with van der Waals surface area (Å²) in [4.78, 5) is 26.9. The van der Waals surface area contributed by atoms with Crippen LogP contribution in [0.5, 0.6) is 11.5 Å². The van der Waals surface area contributed by atoms with Crippen molar-refractivity contribution in [2.24, 2.45) is 0 Å². The SMILES string of the molecule is COc1ccc(S(=O)(=O)N2CCN(C(=O)[C@H](C)NC(=O)c3ccccc3Cl)CC2)cc1OC. The van der Waals surface area contributed by atoms with Crippen molar-refractivity contribution in [2.45, 2.75) is 17.9 Å². The molecule has 2 aromatic rings. The average Bonchev–Trinajstić information content (AvgIpc) is 2.83. The number of nitrogens with zero attached hydrogens (tertiary/aromatic N) is 2. The number of benzene rings is 2. The molecule has 1 N–H and O–H groups in total. The first-order valence-corrected chi connectivity index (χ1v) is 12.1. The molecule has 0 aromatic heterocycles. The average molecular weight is 496 g/mol. The Labute approximate surface area is 198 Å². The van der Waals surface area contributed by atoms with Gasteiger partial charge in [0.05, 0.1) is 29.7 Å². The number of carbonyl (C=O) groups is 2. The molecule has 0 radical (unpaired) electrons. The van der Waals surface area contributed by atoms with Gasteiger partial charge in [0, 0.05) is 32.2 Å². The van der Waals surface area contributed by atoms with Gasteiger partial charge in [0.1, 0.15) is 6.04 Å². The second kappa shape index (κ2) is 10.4. The second-order valence-corrected chi connectivity index (χ2v) is 9.77. The first-order valence-electron chi connectivity index (χ1n) is 10.3. The van der Waals surface area contributed by atoms with Crippen LogP contribution in [0.1, 0.15) is 17.3 Å². The molecular weight excluding hydrogens is 470 g/mol. The molecule has 178 valence electrons. The third-order valence-electron chi connectivity index (χ3n) is 5.38. The third kappa shape index (κ3) is 5.40. The molecule has 0 saturated carbocycles. The molecule has 1 saturated heterocycles. The second-order valence-electron chi connectivity index (χ2n) is 7.42. The fourth-order valence-corrected chi connectivity index (χ4v) is 5.19. The maximum absolute atomic E-state index is 13.1. The lowest BCUT2D eigenvalue weighted by atomic mass is 10.2. The molecule has 9 nitrogen and oxygen atoms in total. The number of hydrogen-bond acceptors (Lipinski definition) is 6. The molecule has 1 heterocycles. The van der Waals surface area contributed by atoms with Crippen LogP contribution >= 0.6 is 11.6 Å². The number of amides is 2. The molecule has 0 unspecified atom stereocenters. The van der Waals surface area contributed by atoms with Crippen molar-refractivity contribution in [3.05, 3.63) is 53.1 Å². The van der Waals surface area contributed by atoms with Gasteiger partial charge >= 0.3 is 0 Å². The van der Waals surface area contributed by atoms with Crippen LogP contribution in [0.3, 0.4) is 0 Å². The smallest absolute Gasteiger partial charge is 0.253 e. The van der Waals surface area contributed by atoms with Crippen LogP contribution in [0.4, 0.5) is 0 Å². The maximum Gasteiger partial charge on any atom is 0.253 e. The number of ether oxygens (including phenoxy) is 2. The Balaban J connectivity index is 1.62. The van der Waals surface area contributed by atoms with Crippen LogP contribution in [-0.2, 0) is 14.8 Å². The van der Waals surface area contributed by atoms with E-state index in [1.165, 1.54) is 41.6 Å². The fraction of sp³-hybridized carbons (Fsp3) is 0.364. The monoisotopic (exact) mass is 495 g/mol. The highest BCUT2D eigenvalue weighted by atomic mass is 35.5. The van der Waals surface area contributed by atoms with E-state index in [0.717, 1.165) is 0 Å². The summed E-state index contributed by atoms with van der Waals surface area (Å²) in [5.74, 6) is 0.00449. The number of halogens is 1. The normalized spacial score (nSPS) is 15.6. The molecule has 0 bridgehead atoms. The minimum absolute atomic E-state index is 0.0836. The van der Waals surface area contributed by atoms with Crippen LogP contribution in [0.15, 0.2) is 47.4 Å². The van der Waals surface area contributed by atoms with Crippen molar-refractivity contribution in [1.82, 2.24) is 14.5 Å². The Kier molecular flexibility index (Phi) is 7.83. The van der Waals surface area contributed by atoms with E-state index in [4.69, 9.17) is 21.1 Å². The summed E-state index contributed by atoms with van der Waals surface area (Å²) in [5.41, 5.74) is 0.282. The number of hydrogen-bond donors (Lipinski definition) is 1. The molecule has 1 aliphatic rings. The summed E-state index contributed by atoms with van der Waals surface area (Å²) in [6.45, 7) is 2.26. The number of piperazine rings is 1. The van der Waals surface area contributed by atoms with Gasteiger partial charge in [0.25, 0.3) is 5.91 Å². The van der Waals surface area contributed by atoms with Gasteiger partial charge in [-0.25, -0.2) is 8.42 Å². The lowest BCUT2D eigenvalue weighted by Gasteiger charge is -2.35. The zero-order valence-electron chi connectivity index (χ0n) is 18.6. The first kappa shape index (κ1) is 24.8. The van der Waals surface area contributed by atoms with E-state index in [-0.39, 0.29) is 42.5 Å². The van der Waals surface area contributed by atoms with E-state index in [9.17, 15) is 18.0 Å². The van der Waals surface area contributed by atoms with Gasteiger partial charge in [-0.05, 0) is 31.2 Å². The van der Waals surface area contributed by atoms with Gasteiger partial charge in [-0.2, -0.15) is 4.31 Å². The van der Waals surface area contributed by atoms with Crippen molar-refractivity contribution in [1.29, 1.82) is 0 Å². The topological polar surface area (TPSA) is 105 Å². The number of carbonyl (C=O) groups excluding carboxylic acids is 2. The molecule has 11 heteroatoms. The van der Waals surface area contributed by atoms with Gasteiger partial charge < -0.3 is 19.7 Å². The number of methoxy groups -OCH3 is 2. The summed E-state index contributed by atoms with van der Waals surface area (Å²) in [7, 11) is -0.866. The predicted molar refractivity (Wildman–Crippen MR) is 123 cm³/mol. The van der Waals surface area contributed by atoms with Crippen molar-refractivity contribution in [3.8, 4) is 11.5 Å². The molecule has 1 atom stereocenters. The van der Waals surface area contributed by atoms with Crippen molar-refractivity contribution >= 4 is 33.4 Å². The van der Waals surface area contributed by atoms with Gasteiger partial charge in [0.2, 0.25) is 15.9 Å². The van der Waals surface area contributed by atoms with E-state index in [0.29, 0.717) is 16.5 Å². The largest absolute Gasteiger partial charge is 0.493 e. The van der Waals surface area contributed by atoms with Crippen molar-refractivity contribution < 1.29 is 27.5 Å². The molecule has 1 fully saturated rings. The Morgan fingerprint density at radius 3 is 2.24 bits per heavy atom. The summed E-state index contributed by atoms with van der Waals surface area (Å²) in [6.07, 6.45) is 0. The van der Waals surface area contributed by atoms with Gasteiger partial charge in [-0.15, -0.1) is 0 Å². The van der Waals surface area contributed by atoms with Gasteiger partial charge in [-0.1, -0.05) is 23.7 Å². The quantitative estimate of drug-likeness (QED) is 0.630. The van der Waals surface area contributed by atoms with Crippen molar-refractivity contribution in [3.63, 3.8) is 0 Å². The van der Waals surface area contributed by atoms with E-state index in [2.05, 4.69) is 5.32 Å².